The molecule has 0 aliphatic carbocycles. The summed E-state index contributed by atoms with van der Waals surface area (Å²) in [6, 6.07) is 21.4. The molecule has 3 rings (SSSR count). The standard InChI is InChI=1S/C37H31N5O5/c1-5-9-10-11-12-13-14-37(47-36(44)7-3)46-34-25-21-32(22-26-34)41-39-30-17-15-29(16-18-30)38-40-31-19-23-33(24-20-31)42(8-4)27-28-45-35(43)6-2/h6,15-26H,1-2,7-8,27-28H2,3-4H3. The summed E-state index contributed by atoms with van der Waals surface area (Å²) in [6.45, 7) is 12.0. The van der Waals surface area contributed by atoms with Gasteiger partial charge in [-0.3, -0.25) is 4.79 Å². The Hall–Kier alpha value is -6.66. The quantitative estimate of drug-likeness (QED) is 0.0581. The number of likely N-dealkylation sites (N-methyl/N-ethyl adjacent to an activating group) is 1. The number of benzene rings is 3. The number of rotatable bonds is 14. The number of hydrogen-bond acceptors (Lipinski definition) is 10. The smallest absolute Gasteiger partial charge is 0.350 e. The molecule has 3 aromatic carbocycles. The Morgan fingerprint density at radius 2 is 1.28 bits per heavy atom. The van der Waals surface area contributed by atoms with Crippen LogP contribution in [0.25, 0.3) is 0 Å². The molecule has 47 heavy (non-hydrogen) atoms. The third kappa shape index (κ3) is 12.8. The Kier molecular flexibility index (Phi) is 14.5. The van der Waals surface area contributed by atoms with Gasteiger partial charge in [-0.1, -0.05) is 19.2 Å². The van der Waals surface area contributed by atoms with Crippen molar-refractivity contribution in [1.29, 1.82) is 0 Å². The van der Waals surface area contributed by atoms with Gasteiger partial charge >= 0.3 is 17.9 Å². The fraction of sp³-hybridized carbons (Fsp3) is 0.162. The van der Waals surface area contributed by atoms with E-state index in [1.54, 1.807) is 55.5 Å². The van der Waals surface area contributed by atoms with E-state index in [1.165, 1.54) is 0 Å². The molecular formula is C37H31N5O5. The number of nitrogens with zero attached hydrogens (tertiary/aromatic N) is 5. The second-order valence-electron chi connectivity index (χ2n) is 9.02. The summed E-state index contributed by atoms with van der Waals surface area (Å²) < 4.78 is 15.8. The molecule has 0 radical (unpaired) electrons. The Morgan fingerprint density at radius 3 is 1.79 bits per heavy atom. The molecule has 0 fully saturated rings. The van der Waals surface area contributed by atoms with Crippen molar-refractivity contribution in [3.8, 4) is 5.75 Å². The zero-order chi connectivity index (χ0) is 33.7. The molecule has 10 nitrogen and oxygen atoms in total. The van der Waals surface area contributed by atoms with E-state index in [1.807, 2.05) is 31.2 Å². The average molecular weight is 626 g/mol. The van der Waals surface area contributed by atoms with Crippen LogP contribution in [0.1, 0.15) is 20.3 Å². The summed E-state index contributed by atoms with van der Waals surface area (Å²) in [7, 11) is 0. The summed E-state index contributed by atoms with van der Waals surface area (Å²) in [4.78, 5) is 25.1. The Balaban J connectivity index is 1.60. The maximum Gasteiger partial charge on any atom is 0.350 e. The minimum Gasteiger partial charge on any atom is -0.461 e. The molecule has 0 aliphatic heterocycles. The predicted molar refractivity (Wildman–Crippen MR) is 177 cm³/mol. The van der Waals surface area contributed by atoms with Crippen molar-refractivity contribution in [2.24, 2.45) is 20.5 Å². The normalized spacial score (nSPS) is 9.83. The molecule has 0 bridgehead atoms. The molecule has 10 heteroatoms. The number of carbonyl (C=O) groups is 2. The van der Waals surface area contributed by atoms with E-state index in [9.17, 15) is 9.59 Å². The number of esters is 2. The van der Waals surface area contributed by atoms with Crippen LogP contribution >= 0.6 is 0 Å². The monoisotopic (exact) mass is 625 g/mol. The summed E-state index contributed by atoms with van der Waals surface area (Å²) in [5.74, 6) is -0.766. The van der Waals surface area contributed by atoms with Crippen LogP contribution in [-0.2, 0) is 19.1 Å². The van der Waals surface area contributed by atoms with Gasteiger partial charge in [-0.25, -0.2) is 4.79 Å². The Morgan fingerprint density at radius 1 is 0.766 bits per heavy atom. The maximum absolute atomic E-state index is 11.8. The van der Waals surface area contributed by atoms with Gasteiger partial charge < -0.3 is 19.1 Å². The molecule has 234 valence electrons. The molecule has 0 N–H and O–H groups in total. The van der Waals surface area contributed by atoms with Gasteiger partial charge in [-0.15, -0.1) is 0 Å². The van der Waals surface area contributed by atoms with Gasteiger partial charge in [-0.2, -0.15) is 20.5 Å². The predicted octanol–water partition coefficient (Wildman–Crippen LogP) is 8.96. The lowest BCUT2D eigenvalue weighted by atomic mass is 10.2. The van der Waals surface area contributed by atoms with Crippen molar-refractivity contribution in [1.82, 2.24) is 0 Å². The molecule has 0 atom stereocenters. The third-order valence-electron chi connectivity index (χ3n) is 5.83. The number of azo groups is 2. The van der Waals surface area contributed by atoms with Crippen LogP contribution in [0.3, 0.4) is 0 Å². The van der Waals surface area contributed by atoms with E-state index in [-0.39, 0.29) is 19.0 Å². The lowest BCUT2D eigenvalue weighted by Gasteiger charge is -2.22. The van der Waals surface area contributed by atoms with Crippen LogP contribution in [-0.4, -0.2) is 31.6 Å². The highest BCUT2D eigenvalue weighted by atomic mass is 16.7. The van der Waals surface area contributed by atoms with Gasteiger partial charge in [0.15, 0.2) is 0 Å². The van der Waals surface area contributed by atoms with E-state index in [4.69, 9.17) is 14.2 Å². The second kappa shape index (κ2) is 19.6. The second-order valence-corrected chi connectivity index (χ2v) is 9.02. The van der Waals surface area contributed by atoms with Crippen LogP contribution in [0.4, 0.5) is 28.4 Å². The minimum absolute atomic E-state index is 0.149. The first kappa shape index (κ1) is 34.8. The summed E-state index contributed by atoms with van der Waals surface area (Å²) in [6.07, 6.45) is 1.30. The van der Waals surface area contributed by atoms with Crippen molar-refractivity contribution < 1.29 is 23.8 Å². The zero-order valence-electron chi connectivity index (χ0n) is 26.0. The number of ether oxygens (including phenoxy) is 3. The molecule has 0 saturated carbocycles. The van der Waals surface area contributed by atoms with Gasteiger partial charge in [0.05, 0.1) is 29.3 Å². The third-order valence-corrected chi connectivity index (χ3v) is 5.83. The highest BCUT2D eigenvalue weighted by Gasteiger charge is 2.08. The van der Waals surface area contributed by atoms with Crippen molar-refractivity contribution in [2.75, 3.05) is 24.6 Å². The van der Waals surface area contributed by atoms with Crippen molar-refractivity contribution >= 4 is 40.4 Å². The van der Waals surface area contributed by atoms with E-state index in [0.717, 1.165) is 18.3 Å². The summed E-state index contributed by atoms with van der Waals surface area (Å²) >= 11 is 0. The zero-order valence-corrected chi connectivity index (χ0v) is 26.0. The van der Waals surface area contributed by atoms with Crippen molar-refractivity contribution in [3.63, 3.8) is 0 Å². The molecule has 0 amide bonds. The first-order chi connectivity index (χ1) is 22.9. The molecule has 0 aliphatic rings. The van der Waals surface area contributed by atoms with Crippen LogP contribution in [0, 0.1) is 0 Å². The van der Waals surface area contributed by atoms with E-state index in [0.29, 0.717) is 35.0 Å². The SMILES string of the molecule is C=C=C=C=C=C=C=C=C(OC(=O)CC)Oc1ccc(N=Nc2ccc(N=Nc3ccc(N(CC)CCOC(=O)C=C)cc3)cc2)cc1. The lowest BCUT2D eigenvalue weighted by Crippen LogP contribution is -2.27. The molecular weight excluding hydrogens is 594 g/mol. The van der Waals surface area contributed by atoms with Crippen LogP contribution in [0.15, 0.2) is 159 Å². The topological polar surface area (TPSA) is 115 Å². The summed E-state index contributed by atoms with van der Waals surface area (Å²) in [5.41, 5.74) is 20.9. The molecule has 0 heterocycles. The highest BCUT2D eigenvalue weighted by Crippen LogP contribution is 2.26. The molecule has 0 aromatic heterocycles. The number of carbonyl (C=O) groups excluding carboxylic acids is 2. The van der Waals surface area contributed by atoms with Crippen molar-refractivity contribution in [3.05, 3.63) is 138 Å². The van der Waals surface area contributed by atoms with E-state index >= 15 is 0 Å². The first-order valence-electron chi connectivity index (χ1n) is 14.4. The van der Waals surface area contributed by atoms with E-state index < -0.39 is 11.9 Å². The van der Waals surface area contributed by atoms with Crippen molar-refractivity contribution in [2.45, 2.75) is 20.3 Å². The Bertz CT molecular complexity index is 1880. The molecule has 0 saturated heterocycles. The lowest BCUT2D eigenvalue weighted by molar-refractivity contribution is -0.142. The fourth-order valence-electron chi connectivity index (χ4n) is 3.49. The van der Waals surface area contributed by atoms with E-state index in [2.05, 4.69) is 78.6 Å². The average Bonchev–Trinajstić information content (AvgIpc) is 3.10. The number of hydrogen-bond donors (Lipinski definition) is 0. The Labute approximate surface area is 273 Å². The van der Waals surface area contributed by atoms with Gasteiger partial charge in [0.25, 0.3) is 0 Å². The van der Waals surface area contributed by atoms with Gasteiger partial charge in [0.2, 0.25) is 0 Å². The molecule has 0 unspecified atom stereocenters. The van der Waals surface area contributed by atoms with Gasteiger partial charge in [-0.05, 0) is 115 Å². The maximum atomic E-state index is 11.8. The fourth-order valence-corrected chi connectivity index (χ4v) is 3.49. The minimum atomic E-state index is -0.502. The van der Waals surface area contributed by atoms with Gasteiger partial charge in [0.1, 0.15) is 12.4 Å². The van der Waals surface area contributed by atoms with Crippen LogP contribution < -0.4 is 9.64 Å². The highest BCUT2D eigenvalue weighted by molar-refractivity contribution is 5.81. The largest absolute Gasteiger partial charge is 0.461 e. The first-order valence-corrected chi connectivity index (χ1v) is 14.4. The van der Waals surface area contributed by atoms with Crippen LogP contribution in [0.5, 0.6) is 5.75 Å². The molecule has 0 spiro atoms. The van der Waals surface area contributed by atoms with Crippen LogP contribution in [0.2, 0.25) is 0 Å². The summed E-state index contributed by atoms with van der Waals surface area (Å²) in [5, 5.41) is 17.1. The number of anilines is 1. The van der Waals surface area contributed by atoms with Gasteiger partial charge in [0, 0.05) is 30.5 Å². The molecule has 3 aromatic rings.